The van der Waals surface area contributed by atoms with Gasteiger partial charge in [0, 0.05) is 68.7 Å². The molecule has 0 saturated heterocycles. The van der Waals surface area contributed by atoms with Crippen LogP contribution in [0, 0.1) is 13.8 Å². The normalized spacial score (nSPS) is 13.6. The molecule has 2 aromatic heterocycles. The Balaban J connectivity index is 0.000000427. The quantitative estimate of drug-likeness (QED) is 0.0552. The zero-order valence-corrected chi connectivity index (χ0v) is 38.8. The van der Waals surface area contributed by atoms with Gasteiger partial charge in [-0.25, -0.2) is 19.9 Å². The van der Waals surface area contributed by atoms with Crippen molar-refractivity contribution in [3.63, 3.8) is 0 Å². The van der Waals surface area contributed by atoms with E-state index in [1.807, 2.05) is 0 Å². The number of hydrogen-bond donors (Lipinski definition) is 4. The van der Waals surface area contributed by atoms with Crippen molar-refractivity contribution in [2.24, 2.45) is 0 Å². The molecule has 1 radical (unpaired) electrons. The number of thioether (sulfide) groups is 2. The van der Waals surface area contributed by atoms with Gasteiger partial charge in [-0.15, -0.1) is 0 Å². The number of carbonyl (C=O) groups is 4. The van der Waals surface area contributed by atoms with Gasteiger partial charge in [-0.3, -0.25) is 28.3 Å². The van der Waals surface area contributed by atoms with E-state index in [4.69, 9.17) is 21.3 Å². The van der Waals surface area contributed by atoms with Crippen molar-refractivity contribution in [2.45, 2.75) is 53.6 Å². The molecule has 0 aliphatic heterocycles. The summed E-state index contributed by atoms with van der Waals surface area (Å²) in [7, 11) is -9.85. The maximum atomic E-state index is 12.7. The van der Waals surface area contributed by atoms with Crippen LogP contribution in [0.3, 0.4) is 0 Å². The van der Waals surface area contributed by atoms with Crippen molar-refractivity contribution in [3.8, 4) is 0 Å². The summed E-state index contributed by atoms with van der Waals surface area (Å²) < 4.78 is 30.6. The fraction of sp³-hybridized carbons (Fsp3) is 0.263. The molecule has 4 rings (SSSR count). The van der Waals surface area contributed by atoms with Crippen molar-refractivity contribution in [2.75, 3.05) is 24.7 Å². The Morgan fingerprint density at radius 2 is 1.03 bits per heavy atom. The third-order valence-corrected chi connectivity index (χ3v) is 11.6. The molecule has 2 unspecified atom stereocenters. The second kappa shape index (κ2) is 26.3. The summed E-state index contributed by atoms with van der Waals surface area (Å²) in [4.78, 5) is 108. The summed E-state index contributed by atoms with van der Waals surface area (Å²) in [6.45, 7) is 5.87. The van der Waals surface area contributed by atoms with Crippen LogP contribution in [0.2, 0.25) is 0 Å². The zero-order valence-electron chi connectivity index (χ0n) is 34.2. The molecule has 0 bridgehead atoms. The Morgan fingerprint density at radius 3 is 1.32 bits per heavy atom. The molecule has 2 amide bonds. The van der Waals surface area contributed by atoms with E-state index in [-0.39, 0.29) is 64.9 Å². The van der Waals surface area contributed by atoms with Crippen LogP contribution < -0.4 is 21.3 Å². The van der Waals surface area contributed by atoms with Gasteiger partial charge in [0.15, 0.2) is 0 Å². The van der Waals surface area contributed by atoms with Crippen LogP contribution in [0.15, 0.2) is 94.3 Å². The van der Waals surface area contributed by atoms with Gasteiger partial charge in [0.2, 0.25) is 23.1 Å². The molecule has 2 aromatic carbocycles. The summed E-state index contributed by atoms with van der Waals surface area (Å²) in [5.74, 6) is 1.41. The number of allylic oxidation sites excluding steroid dienone is 2. The number of nitrogens with zero attached hydrogens (tertiary/aromatic N) is 6. The molecule has 0 aliphatic carbocycles. The number of carbonyl (C=O) groups excluding carboxylic acids is 4. The van der Waals surface area contributed by atoms with Gasteiger partial charge in [0.1, 0.15) is 23.3 Å². The molecular formula is C38H44MnN8O12P2S2. The molecule has 25 heteroatoms. The van der Waals surface area contributed by atoms with Gasteiger partial charge in [0.25, 0.3) is 15.6 Å². The van der Waals surface area contributed by atoms with Gasteiger partial charge in [-0.05, 0) is 51.2 Å². The van der Waals surface area contributed by atoms with Gasteiger partial charge >= 0.3 is 17.1 Å². The van der Waals surface area contributed by atoms with Gasteiger partial charge in [0.05, 0.1) is 26.3 Å². The Hall–Kier alpha value is -4.60. The number of phosphoric acid groups is 2. The molecule has 63 heavy (non-hydrogen) atoms. The number of aromatic nitrogens is 4. The first kappa shape index (κ1) is 54.5. The molecule has 0 fully saturated rings. The number of nitrogens with two attached hydrogens (primary N) is 2. The van der Waals surface area contributed by atoms with Crippen LogP contribution in [0.25, 0.3) is 0 Å². The van der Waals surface area contributed by atoms with Crippen LogP contribution in [0.1, 0.15) is 70.2 Å². The summed E-state index contributed by atoms with van der Waals surface area (Å²) in [5, 5.41) is -0.596. The van der Waals surface area contributed by atoms with Crippen molar-refractivity contribution in [3.05, 3.63) is 128 Å². The summed E-state index contributed by atoms with van der Waals surface area (Å²) in [6, 6.07) is 16.9. The third kappa shape index (κ3) is 19.4. The summed E-state index contributed by atoms with van der Waals surface area (Å²) >= 11 is 1.68. The first-order valence-corrected chi connectivity index (χ1v) is 22.7. The average molecular weight is 986 g/mol. The largest absolute Gasteiger partial charge is 2.00 e. The van der Waals surface area contributed by atoms with Crippen LogP contribution in [-0.4, -0.2) is 75.8 Å². The van der Waals surface area contributed by atoms with E-state index in [1.165, 1.54) is 22.2 Å². The van der Waals surface area contributed by atoms with Crippen molar-refractivity contribution >= 4 is 73.9 Å². The minimum absolute atomic E-state index is 0. The van der Waals surface area contributed by atoms with E-state index in [1.54, 1.807) is 88.4 Å². The number of benzene rings is 2. The molecule has 4 aromatic rings. The fourth-order valence-corrected chi connectivity index (χ4v) is 7.54. The van der Waals surface area contributed by atoms with E-state index in [0.29, 0.717) is 67.9 Å². The van der Waals surface area contributed by atoms with E-state index in [2.05, 4.69) is 29.0 Å². The monoisotopic (exact) mass is 985 g/mol. The number of phosphoric ester groups is 2. The number of nitrogen functional groups attached to an aromatic ring is 2. The zero-order chi connectivity index (χ0) is 46.0. The fourth-order valence-electron chi connectivity index (χ4n) is 5.03. The van der Waals surface area contributed by atoms with Crippen LogP contribution in [0.5, 0.6) is 0 Å². The average Bonchev–Trinajstić information content (AvgIpc) is 3.22. The molecule has 337 valence electrons. The number of rotatable bonds is 20. The van der Waals surface area contributed by atoms with Gasteiger partial charge < -0.3 is 49.9 Å². The second-order valence-corrected chi connectivity index (χ2v) is 17.3. The maximum absolute atomic E-state index is 12.7. The SMILES string of the molecule is C/C(=C(\CCOP(=O)([O-])O)SC(=O)c1ccccc1)N(C=O)Cc1cnc(C)nc1N.C/C(=C(\CCOP(=O)([O-])O)SC(=O)c1ccccc1)N(C=O)Cc1cnc(C)nc1N.[Mn+2]. The molecular weight excluding hydrogens is 941 g/mol. The number of hydrogen-bond acceptors (Lipinski definition) is 18. The van der Waals surface area contributed by atoms with Crippen molar-refractivity contribution < 1.29 is 74.0 Å². The predicted molar refractivity (Wildman–Crippen MR) is 228 cm³/mol. The summed E-state index contributed by atoms with van der Waals surface area (Å²) in [5.41, 5.74) is 14.5. The van der Waals surface area contributed by atoms with Crippen molar-refractivity contribution in [1.29, 1.82) is 0 Å². The molecule has 0 spiro atoms. The van der Waals surface area contributed by atoms with Crippen LogP contribution in [0.4, 0.5) is 11.6 Å². The number of aryl methyl sites for hydroxylation is 2. The van der Waals surface area contributed by atoms with E-state index < -0.39 is 28.9 Å². The minimum Gasteiger partial charge on any atom is -0.756 e. The Morgan fingerprint density at radius 1 is 0.698 bits per heavy atom. The molecule has 6 N–H and O–H groups in total. The predicted octanol–water partition coefficient (Wildman–Crippen LogP) is 3.99. The van der Waals surface area contributed by atoms with Gasteiger partial charge in [-0.1, -0.05) is 60.7 Å². The standard InChI is InChI=1S/2C19H23N4O6PS.Mn/c2*1-13(23(12-24)11-16-10-21-14(2)22-18(16)20)17(8-9-29-30(26,27)28)31-19(25)15-6-4-3-5-7-15;/h2*3-7,10,12H,8-9,11H2,1-2H3,(H2,20,21,22)(H2,26,27,28);/q;;+2/p-2/b2*17-13-;. The molecule has 0 saturated carbocycles. The minimum atomic E-state index is -4.92. The number of amides is 2. The molecule has 0 aliphatic rings. The van der Waals surface area contributed by atoms with E-state index in [0.717, 1.165) is 23.5 Å². The molecule has 2 atom stereocenters. The third-order valence-electron chi connectivity index (χ3n) is 8.26. The van der Waals surface area contributed by atoms with Crippen LogP contribution in [-0.2, 0) is 57.9 Å². The first-order chi connectivity index (χ1) is 29.2. The molecule has 20 nitrogen and oxygen atoms in total. The number of anilines is 2. The first-order valence-electron chi connectivity index (χ1n) is 18.1. The van der Waals surface area contributed by atoms with Gasteiger partial charge in [-0.2, -0.15) is 0 Å². The topological polar surface area (TPSA) is 318 Å². The second-order valence-electron chi connectivity index (χ2n) is 12.8. The Bertz CT molecular complexity index is 2190. The van der Waals surface area contributed by atoms with E-state index >= 15 is 0 Å². The smallest absolute Gasteiger partial charge is 0.756 e. The van der Waals surface area contributed by atoms with Crippen LogP contribution >= 0.6 is 39.2 Å². The Kier molecular flexibility index (Phi) is 22.7. The molecule has 2 heterocycles. The van der Waals surface area contributed by atoms with Crippen molar-refractivity contribution in [1.82, 2.24) is 29.7 Å². The summed E-state index contributed by atoms with van der Waals surface area (Å²) in [6.07, 6.45) is 4.07. The Labute approximate surface area is 382 Å². The maximum Gasteiger partial charge on any atom is 2.00 e. The van der Waals surface area contributed by atoms with E-state index in [9.17, 15) is 38.1 Å².